The number of aromatic nitrogens is 2. The van der Waals surface area contributed by atoms with E-state index in [4.69, 9.17) is 11.6 Å². The molecule has 0 saturated carbocycles. The van der Waals surface area contributed by atoms with Gasteiger partial charge in [0.05, 0.1) is 7.05 Å². The van der Waals surface area contributed by atoms with E-state index in [0.29, 0.717) is 11.1 Å². The number of hydrogen-bond donors (Lipinski definition) is 1. The Bertz CT molecular complexity index is 228. The smallest absolute Gasteiger partial charge is 0.245 e. The van der Waals surface area contributed by atoms with E-state index in [1.54, 1.807) is 17.8 Å². The third kappa shape index (κ3) is 1.29. The lowest BCUT2D eigenvalue weighted by Gasteiger charge is -1.83. The van der Waals surface area contributed by atoms with Crippen LogP contribution in [0.1, 0.15) is 0 Å². The molecule has 0 aliphatic carbocycles. The molecule has 1 rings (SSSR count). The van der Waals surface area contributed by atoms with Crippen molar-refractivity contribution in [3.05, 3.63) is 11.3 Å². The first kappa shape index (κ1) is 6.29. The van der Waals surface area contributed by atoms with E-state index in [1.165, 1.54) is 0 Å². The van der Waals surface area contributed by atoms with Crippen LogP contribution in [0, 0.1) is 0 Å². The Morgan fingerprint density at radius 1 is 1.89 bits per heavy atom. The third-order valence-electron chi connectivity index (χ3n) is 0.893. The number of rotatable bonds is 1. The van der Waals surface area contributed by atoms with Crippen molar-refractivity contribution in [3.63, 3.8) is 0 Å². The fourth-order valence-corrected chi connectivity index (χ4v) is 0.616. The number of aromatic amines is 1. The van der Waals surface area contributed by atoms with Crippen LogP contribution in [0.25, 0.3) is 0 Å². The summed E-state index contributed by atoms with van der Waals surface area (Å²) in [6.45, 7) is 3.60. The molecule has 0 amide bonds. The maximum atomic E-state index is 5.53. The van der Waals surface area contributed by atoms with Crippen LogP contribution < -0.4 is 0 Å². The Hall–Kier alpha value is -0.830. The number of H-pyrrole nitrogens is 1. The molecular weight excluding hydrogens is 138 g/mol. The topological polar surface area (TPSA) is 31.7 Å². The summed E-state index contributed by atoms with van der Waals surface area (Å²) in [7, 11) is 1.79. The highest BCUT2D eigenvalue weighted by Crippen LogP contribution is 2.07. The SMILES string of the molecule is C=[N+](C)c1ncc(Cl)[nH]1. The van der Waals surface area contributed by atoms with Gasteiger partial charge in [0.15, 0.2) is 6.20 Å². The second kappa shape index (κ2) is 2.19. The summed E-state index contributed by atoms with van der Waals surface area (Å²) in [6.07, 6.45) is 1.54. The molecule has 3 nitrogen and oxygen atoms in total. The fourth-order valence-electron chi connectivity index (χ4n) is 0.483. The first-order chi connectivity index (χ1) is 4.20. The normalized spacial score (nSPS) is 9.56. The van der Waals surface area contributed by atoms with Crippen LogP contribution in [0.4, 0.5) is 5.95 Å². The van der Waals surface area contributed by atoms with Gasteiger partial charge in [0.2, 0.25) is 5.15 Å². The Morgan fingerprint density at radius 2 is 2.56 bits per heavy atom. The molecule has 0 aliphatic rings. The molecule has 1 aromatic heterocycles. The Kier molecular flexibility index (Phi) is 1.53. The van der Waals surface area contributed by atoms with Crippen molar-refractivity contribution in [2.75, 3.05) is 7.05 Å². The molecular formula is C5H7ClN3+. The van der Waals surface area contributed by atoms with Crippen LogP contribution in [0.2, 0.25) is 5.15 Å². The molecule has 0 atom stereocenters. The lowest BCUT2D eigenvalue weighted by Crippen LogP contribution is -1.93. The maximum absolute atomic E-state index is 5.53. The van der Waals surface area contributed by atoms with Gasteiger partial charge in [-0.3, -0.25) is 0 Å². The summed E-state index contributed by atoms with van der Waals surface area (Å²) >= 11 is 5.53. The highest BCUT2D eigenvalue weighted by Gasteiger charge is 2.05. The molecule has 1 aromatic rings. The molecule has 0 bridgehead atoms. The molecule has 48 valence electrons. The van der Waals surface area contributed by atoms with E-state index in [9.17, 15) is 0 Å². The molecule has 0 aliphatic heterocycles. The molecule has 0 radical (unpaired) electrons. The van der Waals surface area contributed by atoms with Gasteiger partial charge in [-0.15, -0.1) is 0 Å². The van der Waals surface area contributed by atoms with Crippen LogP contribution in [-0.4, -0.2) is 28.3 Å². The Balaban J connectivity index is 2.98. The van der Waals surface area contributed by atoms with Gasteiger partial charge in [0.25, 0.3) is 0 Å². The minimum absolute atomic E-state index is 0.528. The first-order valence-electron chi connectivity index (χ1n) is 2.45. The Morgan fingerprint density at radius 3 is 2.78 bits per heavy atom. The van der Waals surface area contributed by atoms with Gasteiger partial charge >= 0.3 is 5.95 Å². The van der Waals surface area contributed by atoms with Gasteiger partial charge in [-0.2, -0.15) is 0 Å². The minimum atomic E-state index is 0.528. The zero-order chi connectivity index (χ0) is 6.85. The number of hydrogen-bond acceptors (Lipinski definition) is 1. The van der Waals surface area contributed by atoms with Crippen molar-refractivity contribution in [1.82, 2.24) is 9.97 Å². The van der Waals surface area contributed by atoms with E-state index in [0.717, 1.165) is 0 Å². The zero-order valence-electron chi connectivity index (χ0n) is 5.06. The van der Waals surface area contributed by atoms with Crippen LogP contribution in [0.15, 0.2) is 6.20 Å². The number of imidazole rings is 1. The molecule has 0 spiro atoms. The van der Waals surface area contributed by atoms with Gasteiger partial charge in [0.1, 0.15) is 0 Å². The highest BCUT2D eigenvalue weighted by atomic mass is 35.5. The zero-order valence-corrected chi connectivity index (χ0v) is 5.81. The molecule has 0 aromatic carbocycles. The van der Waals surface area contributed by atoms with E-state index in [-0.39, 0.29) is 0 Å². The van der Waals surface area contributed by atoms with Crippen LogP contribution in [0.3, 0.4) is 0 Å². The lowest BCUT2D eigenvalue weighted by atomic mass is 10.9. The van der Waals surface area contributed by atoms with Crippen molar-refractivity contribution >= 4 is 24.3 Å². The average molecular weight is 145 g/mol. The van der Waals surface area contributed by atoms with Gasteiger partial charge in [-0.25, -0.2) is 9.56 Å². The standard InChI is InChI=1S/C5H7ClN3/c1-9(2)5-7-3-4(6)8-5/h3H,1H2,2H3,(H,7,8)/q+1. The number of halogens is 1. The van der Waals surface area contributed by atoms with E-state index < -0.39 is 0 Å². The molecule has 9 heavy (non-hydrogen) atoms. The van der Waals surface area contributed by atoms with Gasteiger partial charge in [-0.1, -0.05) is 4.98 Å². The molecule has 0 fully saturated rings. The van der Waals surface area contributed by atoms with E-state index in [2.05, 4.69) is 16.7 Å². The largest absolute Gasteiger partial charge is 0.396 e. The fraction of sp³-hybridized carbons (Fsp3) is 0.200. The molecule has 0 unspecified atom stereocenters. The van der Waals surface area contributed by atoms with E-state index >= 15 is 0 Å². The van der Waals surface area contributed by atoms with Gasteiger partial charge < -0.3 is 0 Å². The lowest BCUT2D eigenvalue weighted by molar-refractivity contribution is -0.403. The summed E-state index contributed by atoms with van der Waals surface area (Å²) in [6, 6.07) is 0. The predicted molar refractivity (Wildman–Crippen MR) is 36.6 cm³/mol. The summed E-state index contributed by atoms with van der Waals surface area (Å²) in [4.78, 5) is 6.68. The summed E-state index contributed by atoms with van der Waals surface area (Å²) in [5, 5.41) is 0.528. The van der Waals surface area contributed by atoms with Gasteiger partial charge in [-0.05, 0) is 11.6 Å². The molecule has 0 saturated heterocycles. The molecule has 4 heteroatoms. The van der Waals surface area contributed by atoms with Crippen LogP contribution in [0.5, 0.6) is 0 Å². The van der Waals surface area contributed by atoms with Crippen molar-refractivity contribution < 1.29 is 4.58 Å². The summed E-state index contributed by atoms with van der Waals surface area (Å²) in [5.74, 6) is 0.667. The Labute approximate surface area is 58.0 Å². The van der Waals surface area contributed by atoms with Crippen LogP contribution in [-0.2, 0) is 0 Å². The third-order valence-corrected chi connectivity index (χ3v) is 1.09. The average Bonchev–Trinajstić information content (AvgIpc) is 2.14. The molecule has 1 heterocycles. The predicted octanol–water partition coefficient (Wildman–Crippen LogP) is 1.04. The second-order valence-electron chi connectivity index (χ2n) is 1.75. The van der Waals surface area contributed by atoms with E-state index in [1.807, 2.05) is 0 Å². The minimum Gasteiger partial charge on any atom is -0.245 e. The number of nitrogens with one attached hydrogen (secondary N) is 1. The highest BCUT2D eigenvalue weighted by molar-refractivity contribution is 6.29. The molecule has 1 N–H and O–H groups in total. The monoisotopic (exact) mass is 144 g/mol. The second-order valence-corrected chi connectivity index (χ2v) is 2.16. The number of nitrogens with zero attached hydrogens (tertiary/aromatic N) is 2. The quantitative estimate of drug-likeness (QED) is 0.464. The van der Waals surface area contributed by atoms with Crippen molar-refractivity contribution in [2.45, 2.75) is 0 Å². The van der Waals surface area contributed by atoms with Gasteiger partial charge in [0, 0.05) is 6.72 Å². The summed E-state index contributed by atoms with van der Waals surface area (Å²) < 4.78 is 1.60. The van der Waals surface area contributed by atoms with Crippen molar-refractivity contribution in [2.24, 2.45) is 0 Å². The first-order valence-corrected chi connectivity index (χ1v) is 2.82. The van der Waals surface area contributed by atoms with Crippen LogP contribution >= 0.6 is 11.6 Å². The maximum Gasteiger partial charge on any atom is 0.396 e. The summed E-state index contributed by atoms with van der Waals surface area (Å²) in [5.41, 5.74) is 0. The van der Waals surface area contributed by atoms with Crippen molar-refractivity contribution in [1.29, 1.82) is 0 Å². The van der Waals surface area contributed by atoms with Crippen molar-refractivity contribution in [3.8, 4) is 0 Å².